The normalized spacial score (nSPS) is 34.1. The van der Waals surface area contributed by atoms with Crippen molar-refractivity contribution in [2.75, 3.05) is 5.12 Å². The molecule has 6 heteroatoms. The van der Waals surface area contributed by atoms with Crippen molar-refractivity contribution in [2.24, 2.45) is 11.8 Å². The third-order valence-electron chi connectivity index (χ3n) is 5.45. The third kappa shape index (κ3) is 1.81. The topological polar surface area (TPSA) is 49.7 Å². The highest BCUT2D eigenvalue weighted by Gasteiger charge is 2.53. The zero-order valence-electron chi connectivity index (χ0n) is 12.1. The standard InChI is InChI=1S/C16H18FN3O2/c17-15-8-11-7-13(5-6-14(11)21-15)20-18-16(22-19-20)9-10-1-3-12(16)4-2-10/h5-8,10,12,18-19H,1-4,9H2. The number of benzene rings is 1. The summed E-state index contributed by atoms with van der Waals surface area (Å²) in [4.78, 5) is 5.97. The van der Waals surface area contributed by atoms with Crippen molar-refractivity contribution in [3.8, 4) is 0 Å². The molecule has 2 aromatic rings. The lowest BCUT2D eigenvalue weighted by molar-refractivity contribution is -0.153. The van der Waals surface area contributed by atoms with Crippen LogP contribution < -0.4 is 16.1 Å². The Kier molecular flexibility index (Phi) is 2.60. The second-order valence-corrected chi connectivity index (χ2v) is 6.72. The molecule has 2 heterocycles. The fraction of sp³-hybridized carbons (Fsp3) is 0.500. The number of rotatable bonds is 1. The van der Waals surface area contributed by atoms with Gasteiger partial charge in [-0.3, -0.25) is 4.84 Å². The van der Waals surface area contributed by atoms with Crippen LogP contribution in [0.2, 0.25) is 0 Å². The van der Waals surface area contributed by atoms with Crippen LogP contribution in [0.4, 0.5) is 10.1 Å². The number of fused-ring (bicyclic) bond motifs is 3. The SMILES string of the molecule is Fc1cc2cc(N3NOC4(CC5CCC4CC5)N3)ccc2o1. The molecule has 1 aromatic heterocycles. The molecule has 6 rings (SSSR count). The summed E-state index contributed by atoms with van der Waals surface area (Å²) in [7, 11) is 0. The van der Waals surface area contributed by atoms with Gasteiger partial charge in [0.2, 0.25) is 0 Å². The zero-order chi connectivity index (χ0) is 14.7. The summed E-state index contributed by atoms with van der Waals surface area (Å²) in [6.07, 6.45) is 6.12. The summed E-state index contributed by atoms with van der Waals surface area (Å²) in [5.74, 6) is 1.30. The van der Waals surface area contributed by atoms with Gasteiger partial charge in [0.25, 0.3) is 6.01 Å². The minimum atomic E-state index is -0.563. The van der Waals surface area contributed by atoms with Gasteiger partial charge in [-0.15, -0.1) is 0 Å². The molecular weight excluding hydrogens is 285 g/mol. The molecule has 4 aliphatic rings. The molecule has 1 unspecified atom stereocenters. The van der Waals surface area contributed by atoms with E-state index < -0.39 is 6.01 Å². The van der Waals surface area contributed by atoms with Crippen LogP contribution in [0.3, 0.4) is 0 Å². The first-order valence-electron chi connectivity index (χ1n) is 7.93. The average molecular weight is 303 g/mol. The molecule has 2 bridgehead atoms. The molecule has 4 fully saturated rings. The Morgan fingerprint density at radius 1 is 1.18 bits per heavy atom. The van der Waals surface area contributed by atoms with Gasteiger partial charge in [0.15, 0.2) is 5.72 Å². The van der Waals surface area contributed by atoms with E-state index in [9.17, 15) is 4.39 Å². The van der Waals surface area contributed by atoms with Crippen molar-refractivity contribution in [1.82, 2.24) is 11.0 Å². The molecule has 1 aliphatic heterocycles. The third-order valence-corrected chi connectivity index (χ3v) is 5.45. The van der Waals surface area contributed by atoms with Gasteiger partial charge in [-0.05, 0) is 56.2 Å². The molecule has 1 saturated heterocycles. The van der Waals surface area contributed by atoms with Gasteiger partial charge in [-0.2, -0.15) is 9.82 Å². The molecule has 1 aromatic carbocycles. The predicted molar refractivity (Wildman–Crippen MR) is 78.8 cm³/mol. The van der Waals surface area contributed by atoms with Crippen LogP contribution in [0.5, 0.6) is 0 Å². The van der Waals surface area contributed by atoms with Gasteiger partial charge in [0.1, 0.15) is 5.58 Å². The van der Waals surface area contributed by atoms with E-state index in [4.69, 9.17) is 9.25 Å². The monoisotopic (exact) mass is 303 g/mol. The number of nitrogens with zero attached hydrogens (tertiary/aromatic N) is 1. The van der Waals surface area contributed by atoms with E-state index in [1.54, 1.807) is 11.2 Å². The van der Waals surface area contributed by atoms with Crippen molar-refractivity contribution in [2.45, 2.75) is 37.8 Å². The second-order valence-electron chi connectivity index (χ2n) is 6.72. The van der Waals surface area contributed by atoms with E-state index in [1.165, 1.54) is 31.7 Å². The quantitative estimate of drug-likeness (QED) is 0.847. The molecule has 1 spiro atoms. The van der Waals surface area contributed by atoms with Crippen molar-refractivity contribution < 1.29 is 13.6 Å². The number of nitrogens with one attached hydrogen (secondary N) is 2. The lowest BCUT2D eigenvalue weighted by Crippen LogP contribution is -2.57. The molecule has 2 N–H and O–H groups in total. The number of hydrogen-bond acceptors (Lipinski definition) is 5. The maximum atomic E-state index is 13.2. The Balaban J connectivity index is 1.44. The number of halogens is 1. The van der Waals surface area contributed by atoms with Crippen LogP contribution in [0, 0.1) is 17.8 Å². The first-order chi connectivity index (χ1) is 10.7. The van der Waals surface area contributed by atoms with Crippen LogP contribution >= 0.6 is 0 Å². The van der Waals surface area contributed by atoms with Crippen molar-refractivity contribution in [3.05, 3.63) is 30.3 Å². The Labute approximate surface area is 127 Å². The van der Waals surface area contributed by atoms with Gasteiger partial charge in [-0.1, -0.05) is 5.59 Å². The highest BCUT2D eigenvalue weighted by atomic mass is 19.1. The minimum Gasteiger partial charge on any atom is -0.431 e. The van der Waals surface area contributed by atoms with Crippen LogP contribution in [-0.4, -0.2) is 5.72 Å². The summed E-state index contributed by atoms with van der Waals surface area (Å²) < 4.78 is 18.2. The summed E-state index contributed by atoms with van der Waals surface area (Å²) in [6.45, 7) is 0. The van der Waals surface area contributed by atoms with E-state index in [1.807, 2.05) is 12.1 Å². The highest BCUT2D eigenvalue weighted by molar-refractivity contribution is 5.81. The molecule has 0 radical (unpaired) electrons. The maximum Gasteiger partial charge on any atom is 0.278 e. The van der Waals surface area contributed by atoms with Gasteiger partial charge in [-0.25, -0.2) is 5.12 Å². The van der Waals surface area contributed by atoms with Gasteiger partial charge in [0, 0.05) is 17.4 Å². The molecule has 3 aliphatic carbocycles. The summed E-state index contributed by atoms with van der Waals surface area (Å²) >= 11 is 0. The van der Waals surface area contributed by atoms with Crippen molar-refractivity contribution >= 4 is 16.7 Å². The number of furan rings is 1. The zero-order valence-corrected chi connectivity index (χ0v) is 12.1. The van der Waals surface area contributed by atoms with E-state index in [2.05, 4.69) is 11.0 Å². The number of anilines is 1. The highest BCUT2D eigenvalue weighted by Crippen LogP contribution is 2.49. The molecule has 5 nitrogen and oxygen atoms in total. The van der Waals surface area contributed by atoms with E-state index >= 15 is 0 Å². The summed E-state index contributed by atoms with van der Waals surface area (Å²) in [6, 6.07) is 6.37. The molecule has 1 atom stereocenters. The van der Waals surface area contributed by atoms with Crippen molar-refractivity contribution in [1.29, 1.82) is 0 Å². The Bertz CT molecular complexity index is 725. The van der Waals surface area contributed by atoms with Crippen molar-refractivity contribution in [3.63, 3.8) is 0 Å². The molecule has 0 amide bonds. The largest absolute Gasteiger partial charge is 0.431 e. The fourth-order valence-corrected chi connectivity index (χ4v) is 4.31. The molecule has 3 saturated carbocycles. The molecule has 116 valence electrons. The first kappa shape index (κ1) is 12.9. The van der Waals surface area contributed by atoms with Crippen LogP contribution in [-0.2, 0) is 4.84 Å². The predicted octanol–water partition coefficient (Wildman–Crippen LogP) is 3.24. The Morgan fingerprint density at radius 3 is 2.82 bits per heavy atom. The molecule has 22 heavy (non-hydrogen) atoms. The Morgan fingerprint density at radius 2 is 2.05 bits per heavy atom. The number of hydrogen-bond donors (Lipinski definition) is 2. The first-order valence-corrected chi connectivity index (χ1v) is 7.93. The van der Waals surface area contributed by atoms with Gasteiger partial charge < -0.3 is 4.42 Å². The van der Waals surface area contributed by atoms with E-state index in [0.29, 0.717) is 11.5 Å². The van der Waals surface area contributed by atoms with Gasteiger partial charge in [0.05, 0.1) is 5.69 Å². The second kappa shape index (κ2) is 4.44. The lowest BCUT2D eigenvalue weighted by Gasteiger charge is -2.47. The average Bonchev–Trinajstić information content (AvgIpc) is 3.10. The van der Waals surface area contributed by atoms with E-state index in [-0.39, 0.29) is 5.72 Å². The van der Waals surface area contributed by atoms with Crippen LogP contribution in [0.25, 0.3) is 11.0 Å². The number of hydrazine groups is 2. The fourth-order valence-electron chi connectivity index (χ4n) is 4.31. The van der Waals surface area contributed by atoms with Crippen LogP contribution in [0.1, 0.15) is 32.1 Å². The minimum absolute atomic E-state index is 0.294. The smallest absolute Gasteiger partial charge is 0.278 e. The van der Waals surface area contributed by atoms with E-state index in [0.717, 1.165) is 23.4 Å². The summed E-state index contributed by atoms with van der Waals surface area (Å²) in [5, 5.41) is 2.54. The van der Waals surface area contributed by atoms with Gasteiger partial charge >= 0.3 is 0 Å². The maximum absolute atomic E-state index is 13.2. The Hall–Kier alpha value is -1.63. The van der Waals surface area contributed by atoms with Crippen LogP contribution in [0.15, 0.2) is 28.7 Å². The molecular formula is C16H18FN3O2. The summed E-state index contributed by atoms with van der Waals surface area (Å²) in [5.41, 5.74) is 7.62. The lowest BCUT2D eigenvalue weighted by atomic mass is 9.66.